The molecule has 0 spiro atoms. The molecule has 0 saturated carbocycles. The first-order valence-electron chi connectivity index (χ1n) is 6.31. The molecule has 0 atom stereocenters. The van der Waals surface area contributed by atoms with Crippen molar-refractivity contribution in [1.29, 1.82) is 0 Å². The van der Waals surface area contributed by atoms with Gasteiger partial charge < -0.3 is 5.32 Å². The maximum Gasteiger partial charge on any atom is 0.0205 e. The minimum atomic E-state index is 0.965. The lowest BCUT2D eigenvalue weighted by atomic mass is 10.2. The van der Waals surface area contributed by atoms with Crippen molar-refractivity contribution in [3.63, 3.8) is 0 Å². The molecular weight excluding hydrogens is 238 g/mol. The lowest BCUT2D eigenvalue weighted by Crippen LogP contribution is -2.16. The minimum absolute atomic E-state index is 0.965. The second-order valence-corrected chi connectivity index (χ2v) is 5.31. The molecule has 0 aliphatic rings. The van der Waals surface area contributed by atoms with Gasteiger partial charge in [0.25, 0.3) is 0 Å². The van der Waals surface area contributed by atoms with Gasteiger partial charge in [-0.15, -0.1) is 0 Å². The summed E-state index contributed by atoms with van der Waals surface area (Å²) < 4.78 is 0. The maximum absolute atomic E-state index is 3.47. The van der Waals surface area contributed by atoms with Gasteiger partial charge >= 0.3 is 0 Å². The second-order valence-electron chi connectivity index (χ2n) is 4.20. The van der Waals surface area contributed by atoms with Crippen LogP contribution in [0.15, 0.2) is 60.7 Å². The lowest BCUT2D eigenvalue weighted by Gasteiger charge is -2.05. The summed E-state index contributed by atoms with van der Waals surface area (Å²) in [4.78, 5) is 0. The van der Waals surface area contributed by atoms with E-state index >= 15 is 0 Å². The largest absolute Gasteiger partial charge is 0.312 e. The van der Waals surface area contributed by atoms with Crippen LogP contribution in [0.25, 0.3) is 0 Å². The number of hydrogen-bond donors (Lipinski definition) is 1. The Morgan fingerprint density at radius 2 is 1.39 bits per heavy atom. The zero-order valence-corrected chi connectivity index (χ0v) is 11.3. The first-order chi connectivity index (χ1) is 8.95. The van der Waals surface area contributed by atoms with Crippen molar-refractivity contribution in [1.82, 2.24) is 5.32 Å². The predicted octanol–water partition coefficient (Wildman–Crippen LogP) is 3.71. The molecular formula is C16H19NS. The summed E-state index contributed by atoms with van der Waals surface area (Å²) in [5.41, 5.74) is 2.76. The Labute approximate surface area is 114 Å². The molecule has 0 aliphatic carbocycles. The van der Waals surface area contributed by atoms with E-state index in [0.29, 0.717) is 0 Å². The Bertz CT molecular complexity index is 384. The highest BCUT2D eigenvalue weighted by Gasteiger charge is 1.93. The van der Waals surface area contributed by atoms with Crippen LogP contribution >= 0.6 is 11.8 Å². The van der Waals surface area contributed by atoms with Crippen molar-refractivity contribution in [3.8, 4) is 0 Å². The van der Waals surface area contributed by atoms with E-state index in [-0.39, 0.29) is 0 Å². The number of thioether (sulfide) groups is 1. The number of benzene rings is 2. The lowest BCUT2D eigenvalue weighted by molar-refractivity contribution is 0.732. The second kappa shape index (κ2) is 7.96. The van der Waals surface area contributed by atoms with Crippen LogP contribution in [0, 0.1) is 0 Å². The fourth-order valence-electron chi connectivity index (χ4n) is 1.74. The first-order valence-corrected chi connectivity index (χ1v) is 7.47. The molecule has 0 saturated heterocycles. The molecule has 0 heterocycles. The molecule has 94 valence electrons. The van der Waals surface area contributed by atoms with Crippen LogP contribution in [-0.4, -0.2) is 12.3 Å². The summed E-state index contributed by atoms with van der Waals surface area (Å²) in [5, 5.41) is 3.47. The molecule has 0 fully saturated rings. The molecule has 0 aliphatic heterocycles. The Hall–Kier alpha value is -1.25. The van der Waals surface area contributed by atoms with E-state index in [1.165, 1.54) is 11.1 Å². The van der Waals surface area contributed by atoms with E-state index in [9.17, 15) is 0 Å². The highest BCUT2D eigenvalue weighted by molar-refractivity contribution is 7.98. The molecule has 0 bridgehead atoms. The van der Waals surface area contributed by atoms with Gasteiger partial charge in [0.15, 0.2) is 0 Å². The van der Waals surface area contributed by atoms with Crippen molar-refractivity contribution in [2.75, 3.05) is 12.3 Å². The third kappa shape index (κ3) is 4.94. The van der Waals surface area contributed by atoms with Crippen LogP contribution < -0.4 is 5.32 Å². The van der Waals surface area contributed by atoms with E-state index in [1.807, 2.05) is 11.8 Å². The van der Waals surface area contributed by atoms with E-state index in [0.717, 1.165) is 24.6 Å². The van der Waals surface area contributed by atoms with Crippen LogP contribution in [0.2, 0.25) is 0 Å². The average Bonchev–Trinajstić information content (AvgIpc) is 2.45. The molecule has 2 aromatic rings. The van der Waals surface area contributed by atoms with Gasteiger partial charge in [0.05, 0.1) is 0 Å². The van der Waals surface area contributed by atoms with Crippen LogP contribution in [0.1, 0.15) is 11.1 Å². The van der Waals surface area contributed by atoms with Gasteiger partial charge in [0, 0.05) is 24.6 Å². The highest BCUT2D eigenvalue weighted by Crippen LogP contribution is 2.10. The smallest absolute Gasteiger partial charge is 0.0205 e. The number of rotatable bonds is 7. The Kier molecular flexibility index (Phi) is 5.83. The molecule has 0 amide bonds. The van der Waals surface area contributed by atoms with Crippen LogP contribution in [-0.2, 0) is 12.3 Å². The zero-order chi connectivity index (χ0) is 12.5. The monoisotopic (exact) mass is 257 g/mol. The minimum Gasteiger partial charge on any atom is -0.312 e. The quantitative estimate of drug-likeness (QED) is 0.759. The summed E-state index contributed by atoms with van der Waals surface area (Å²) in [6.07, 6.45) is 0. The van der Waals surface area contributed by atoms with Crippen molar-refractivity contribution in [2.45, 2.75) is 12.3 Å². The fourth-order valence-corrected chi connectivity index (χ4v) is 2.60. The molecule has 2 heteroatoms. The number of nitrogens with one attached hydrogen (secondary N) is 1. The Morgan fingerprint density at radius 3 is 2.06 bits per heavy atom. The summed E-state index contributed by atoms with van der Waals surface area (Å²) in [6, 6.07) is 21.2. The van der Waals surface area contributed by atoms with Crippen molar-refractivity contribution < 1.29 is 0 Å². The van der Waals surface area contributed by atoms with Crippen LogP contribution in [0.4, 0.5) is 0 Å². The van der Waals surface area contributed by atoms with Gasteiger partial charge in [0.1, 0.15) is 0 Å². The van der Waals surface area contributed by atoms with Crippen molar-refractivity contribution in [2.24, 2.45) is 0 Å². The van der Waals surface area contributed by atoms with E-state index in [1.54, 1.807) is 0 Å². The average molecular weight is 257 g/mol. The fraction of sp³-hybridized carbons (Fsp3) is 0.250. The van der Waals surface area contributed by atoms with E-state index in [4.69, 9.17) is 0 Å². The van der Waals surface area contributed by atoms with Gasteiger partial charge in [0.2, 0.25) is 0 Å². The van der Waals surface area contributed by atoms with Crippen LogP contribution in [0.5, 0.6) is 0 Å². The standard InChI is InChI=1S/C16H19NS/c1-3-7-15(8-4-1)13-17-11-12-18-14-16-9-5-2-6-10-16/h1-10,17H,11-14H2. The summed E-state index contributed by atoms with van der Waals surface area (Å²) >= 11 is 1.98. The van der Waals surface area contributed by atoms with Crippen molar-refractivity contribution >= 4 is 11.8 Å². The molecule has 2 aromatic carbocycles. The molecule has 0 unspecified atom stereocenters. The molecule has 0 radical (unpaired) electrons. The van der Waals surface area contributed by atoms with E-state index < -0.39 is 0 Å². The van der Waals surface area contributed by atoms with Crippen molar-refractivity contribution in [3.05, 3.63) is 71.8 Å². The normalized spacial score (nSPS) is 10.4. The third-order valence-corrected chi connectivity index (χ3v) is 3.74. The summed E-state index contributed by atoms with van der Waals surface area (Å²) in [7, 11) is 0. The molecule has 0 aromatic heterocycles. The van der Waals surface area contributed by atoms with Gasteiger partial charge in [-0.2, -0.15) is 11.8 Å². The zero-order valence-electron chi connectivity index (χ0n) is 10.5. The predicted molar refractivity (Wildman–Crippen MR) is 80.8 cm³/mol. The van der Waals surface area contributed by atoms with Crippen LogP contribution in [0.3, 0.4) is 0 Å². The highest BCUT2D eigenvalue weighted by atomic mass is 32.2. The van der Waals surface area contributed by atoms with Gasteiger partial charge in [-0.05, 0) is 11.1 Å². The SMILES string of the molecule is c1ccc(CNCCSCc2ccccc2)cc1. The summed E-state index contributed by atoms with van der Waals surface area (Å²) in [5.74, 6) is 2.26. The molecule has 2 rings (SSSR count). The van der Waals surface area contributed by atoms with Gasteiger partial charge in [-0.1, -0.05) is 60.7 Å². The number of hydrogen-bond acceptors (Lipinski definition) is 2. The molecule has 1 nitrogen and oxygen atoms in total. The topological polar surface area (TPSA) is 12.0 Å². The maximum atomic E-state index is 3.47. The molecule has 18 heavy (non-hydrogen) atoms. The third-order valence-electron chi connectivity index (χ3n) is 2.71. The Morgan fingerprint density at radius 1 is 0.778 bits per heavy atom. The Balaban J connectivity index is 1.54. The first kappa shape index (κ1) is 13.2. The van der Waals surface area contributed by atoms with E-state index in [2.05, 4.69) is 66.0 Å². The summed E-state index contributed by atoms with van der Waals surface area (Å²) in [6.45, 7) is 2.03. The van der Waals surface area contributed by atoms with Gasteiger partial charge in [-0.25, -0.2) is 0 Å². The molecule has 1 N–H and O–H groups in total. The van der Waals surface area contributed by atoms with Gasteiger partial charge in [-0.3, -0.25) is 0 Å².